The molecule has 0 aliphatic rings. The number of aromatic hydroxyl groups is 1. The molecule has 2 aromatic carbocycles. The fourth-order valence-corrected chi connectivity index (χ4v) is 1.64. The van der Waals surface area contributed by atoms with Gasteiger partial charge in [0.15, 0.2) is 17.5 Å². The average molecular weight is 298 g/mol. The van der Waals surface area contributed by atoms with Crippen LogP contribution >= 0.6 is 0 Å². The monoisotopic (exact) mass is 298 g/mol. The van der Waals surface area contributed by atoms with Gasteiger partial charge in [-0.2, -0.15) is 0 Å². The number of halogens is 3. The topological polar surface area (TPSA) is 66.8 Å². The highest BCUT2D eigenvalue weighted by molar-refractivity contribution is 5.90. The molecule has 0 fully saturated rings. The molecule has 21 heavy (non-hydrogen) atoms. The first-order valence-electron chi connectivity index (χ1n) is 5.71. The summed E-state index contributed by atoms with van der Waals surface area (Å²) in [6.45, 7) is -0.278. The molecule has 0 unspecified atom stereocenters. The van der Waals surface area contributed by atoms with Crippen molar-refractivity contribution in [1.29, 1.82) is 0 Å². The molecule has 2 aromatic rings. The van der Waals surface area contributed by atoms with Crippen molar-refractivity contribution in [3.8, 4) is 11.5 Å². The number of ether oxygens (including phenoxy) is 1. The number of rotatable bonds is 4. The third kappa shape index (κ3) is 3.25. The first-order valence-corrected chi connectivity index (χ1v) is 5.71. The summed E-state index contributed by atoms with van der Waals surface area (Å²) in [5.41, 5.74) is -0.255. The van der Waals surface area contributed by atoms with E-state index in [0.29, 0.717) is 0 Å². The lowest BCUT2D eigenvalue weighted by atomic mass is 10.2. The highest BCUT2D eigenvalue weighted by Gasteiger charge is 2.12. The predicted molar refractivity (Wildman–Crippen MR) is 65.7 cm³/mol. The van der Waals surface area contributed by atoms with Gasteiger partial charge in [-0.25, -0.2) is 18.0 Å². The number of aromatic carboxylic acids is 1. The van der Waals surface area contributed by atoms with Gasteiger partial charge in [0.1, 0.15) is 23.7 Å². The molecule has 0 aromatic heterocycles. The van der Waals surface area contributed by atoms with E-state index < -0.39 is 29.2 Å². The van der Waals surface area contributed by atoms with Crippen LogP contribution in [-0.2, 0) is 6.61 Å². The first-order chi connectivity index (χ1) is 9.88. The highest BCUT2D eigenvalue weighted by Crippen LogP contribution is 2.24. The van der Waals surface area contributed by atoms with Crippen LogP contribution in [-0.4, -0.2) is 16.2 Å². The fourth-order valence-electron chi connectivity index (χ4n) is 1.64. The smallest absolute Gasteiger partial charge is 0.339 e. The lowest BCUT2D eigenvalue weighted by molar-refractivity contribution is 0.0693. The lowest BCUT2D eigenvalue weighted by Gasteiger charge is -2.08. The first kappa shape index (κ1) is 14.7. The molecule has 7 heteroatoms. The van der Waals surface area contributed by atoms with Gasteiger partial charge in [0.05, 0.1) is 0 Å². The summed E-state index contributed by atoms with van der Waals surface area (Å²) in [4.78, 5) is 10.7. The largest absolute Gasteiger partial charge is 0.507 e. The number of carbonyl (C=O) groups is 1. The lowest BCUT2D eigenvalue weighted by Crippen LogP contribution is -2.01. The molecule has 0 saturated carbocycles. The van der Waals surface area contributed by atoms with E-state index in [4.69, 9.17) is 9.84 Å². The maximum atomic E-state index is 13.0. The fraction of sp³-hybridized carbons (Fsp3) is 0.0714. The van der Waals surface area contributed by atoms with E-state index in [1.807, 2.05) is 0 Å². The maximum Gasteiger partial charge on any atom is 0.339 e. The molecule has 110 valence electrons. The molecule has 0 saturated heterocycles. The van der Waals surface area contributed by atoms with Crippen molar-refractivity contribution in [2.24, 2.45) is 0 Å². The average Bonchev–Trinajstić information content (AvgIpc) is 2.42. The molecule has 0 heterocycles. The summed E-state index contributed by atoms with van der Waals surface area (Å²) in [5.74, 6) is -5.95. The Balaban J connectivity index is 2.13. The molecule has 2 rings (SSSR count). The van der Waals surface area contributed by atoms with Crippen LogP contribution in [0.1, 0.15) is 15.9 Å². The van der Waals surface area contributed by atoms with Gasteiger partial charge in [0.2, 0.25) is 0 Å². The number of carboxylic acids is 1. The Hall–Kier alpha value is -2.70. The van der Waals surface area contributed by atoms with E-state index in [0.717, 1.165) is 24.3 Å². The van der Waals surface area contributed by atoms with Crippen LogP contribution in [0, 0.1) is 17.5 Å². The van der Waals surface area contributed by atoms with Gasteiger partial charge in [0.25, 0.3) is 0 Å². The van der Waals surface area contributed by atoms with Crippen LogP contribution in [0.2, 0.25) is 0 Å². The van der Waals surface area contributed by atoms with Crippen LogP contribution in [0.15, 0.2) is 30.3 Å². The second-order valence-corrected chi connectivity index (χ2v) is 4.15. The van der Waals surface area contributed by atoms with Crippen molar-refractivity contribution in [2.75, 3.05) is 0 Å². The maximum absolute atomic E-state index is 13.0. The summed E-state index contributed by atoms with van der Waals surface area (Å²) in [6, 6.07) is 5.02. The van der Waals surface area contributed by atoms with Crippen molar-refractivity contribution in [3.05, 3.63) is 58.9 Å². The SMILES string of the molecule is O=C(O)c1ccc(OCc2cc(F)c(F)c(F)c2)cc1O. The van der Waals surface area contributed by atoms with Gasteiger partial charge in [0, 0.05) is 6.07 Å². The van der Waals surface area contributed by atoms with Crippen molar-refractivity contribution >= 4 is 5.97 Å². The molecule has 0 aliphatic carbocycles. The molecule has 4 nitrogen and oxygen atoms in total. The van der Waals surface area contributed by atoms with Gasteiger partial charge in [-0.05, 0) is 29.8 Å². The number of phenols is 1. The van der Waals surface area contributed by atoms with Gasteiger partial charge < -0.3 is 14.9 Å². The summed E-state index contributed by atoms with van der Waals surface area (Å²) in [6.07, 6.45) is 0. The van der Waals surface area contributed by atoms with E-state index >= 15 is 0 Å². The molecular formula is C14H9F3O4. The summed E-state index contributed by atoms with van der Waals surface area (Å²) in [5, 5.41) is 18.2. The van der Waals surface area contributed by atoms with Crippen LogP contribution in [0.3, 0.4) is 0 Å². The molecule has 0 amide bonds. The van der Waals surface area contributed by atoms with E-state index in [1.165, 1.54) is 6.07 Å². The number of hydrogen-bond acceptors (Lipinski definition) is 3. The van der Waals surface area contributed by atoms with Gasteiger partial charge in [-0.15, -0.1) is 0 Å². The van der Waals surface area contributed by atoms with Crippen molar-refractivity contribution in [3.63, 3.8) is 0 Å². The van der Waals surface area contributed by atoms with Crippen LogP contribution in [0.5, 0.6) is 11.5 Å². The zero-order chi connectivity index (χ0) is 15.6. The van der Waals surface area contributed by atoms with Gasteiger partial charge >= 0.3 is 5.97 Å². The molecule has 0 bridgehead atoms. The molecular weight excluding hydrogens is 289 g/mol. The molecule has 0 spiro atoms. The molecule has 0 radical (unpaired) electrons. The Morgan fingerprint density at radius 2 is 1.71 bits per heavy atom. The second-order valence-electron chi connectivity index (χ2n) is 4.15. The Morgan fingerprint density at radius 3 is 2.24 bits per heavy atom. The van der Waals surface area contributed by atoms with E-state index in [2.05, 4.69) is 0 Å². The quantitative estimate of drug-likeness (QED) is 0.851. The molecule has 0 aliphatic heterocycles. The number of carboxylic acid groups (broad SMARTS) is 1. The third-order valence-corrected chi connectivity index (χ3v) is 2.65. The molecule has 2 N–H and O–H groups in total. The third-order valence-electron chi connectivity index (χ3n) is 2.65. The normalized spacial score (nSPS) is 10.4. The minimum Gasteiger partial charge on any atom is -0.507 e. The van der Waals surface area contributed by atoms with Crippen molar-refractivity contribution in [1.82, 2.24) is 0 Å². The Morgan fingerprint density at radius 1 is 1.10 bits per heavy atom. The highest BCUT2D eigenvalue weighted by atomic mass is 19.2. The van der Waals surface area contributed by atoms with Crippen LogP contribution in [0.4, 0.5) is 13.2 Å². The summed E-state index contributed by atoms with van der Waals surface area (Å²) < 4.78 is 43.9. The minimum atomic E-state index is -1.57. The minimum absolute atomic E-state index is 0.0493. The summed E-state index contributed by atoms with van der Waals surface area (Å²) >= 11 is 0. The summed E-state index contributed by atoms with van der Waals surface area (Å²) in [7, 11) is 0. The van der Waals surface area contributed by atoms with Crippen LogP contribution in [0.25, 0.3) is 0 Å². The Bertz CT molecular complexity index is 678. The van der Waals surface area contributed by atoms with Crippen LogP contribution < -0.4 is 4.74 Å². The number of hydrogen-bond donors (Lipinski definition) is 2. The van der Waals surface area contributed by atoms with E-state index in [-0.39, 0.29) is 23.5 Å². The van der Waals surface area contributed by atoms with E-state index in [9.17, 15) is 23.1 Å². The molecule has 0 atom stereocenters. The van der Waals surface area contributed by atoms with Gasteiger partial charge in [-0.3, -0.25) is 0 Å². The predicted octanol–water partition coefficient (Wildman–Crippen LogP) is 3.09. The zero-order valence-corrected chi connectivity index (χ0v) is 10.4. The second kappa shape index (κ2) is 5.74. The van der Waals surface area contributed by atoms with E-state index in [1.54, 1.807) is 0 Å². The standard InChI is InChI=1S/C14H9F3O4/c15-10-3-7(4-11(16)13(10)17)6-21-8-1-2-9(14(19)20)12(18)5-8/h1-5,18H,6H2,(H,19,20). The Kier molecular flexibility index (Phi) is 4.02. The van der Waals surface area contributed by atoms with Crippen molar-refractivity contribution < 1.29 is 32.9 Å². The van der Waals surface area contributed by atoms with Gasteiger partial charge in [-0.1, -0.05) is 0 Å². The Labute approximate surface area is 117 Å². The zero-order valence-electron chi connectivity index (χ0n) is 10.4. The number of benzene rings is 2. The van der Waals surface area contributed by atoms with Crippen molar-refractivity contribution in [2.45, 2.75) is 6.61 Å².